The second kappa shape index (κ2) is 14.2. The summed E-state index contributed by atoms with van der Waals surface area (Å²) in [5.74, 6) is -1.01. The maximum atomic E-state index is 13.4. The van der Waals surface area contributed by atoms with Gasteiger partial charge < -0.3 is 35.1 Å². The molecule has 0 unspecified atom stereocenters. The van der Waals surface area contributed by atoms with Gasteiger partial charge in [-0.1, -0.05) is 19.3 Å². The van der Waals surface area contributed by atoms with E-state index in [9.17, 15) is 19.2 Å². The van der Waals surface area contributed by atoms with Crippen molar-refractivity contribution in [1.82, 2.24) is 24.3 Å². The Bertz CT molecular complexity index is 1510. The number of amides is 4. The van der Waals surface area contributed by atoms with Crippen LogP contribution in [0.25, 0.3) is 0 Å². The molecule has 3 aromatic heterocycles. The van der Waals surface area contributed by atoms with Crippen molar-refractivity contribution in [3.63, 3.8) is 0 Å². The van der Waals surface area contributed by atoms with Crippen molar-refractivity contribution in [2.75, 3.05) is 55.3 Å². The Morgan fingerprint density at radius 2 is 1.50 bits per heavy atom. The Labute approximate surface area is 260 Å². The molecule has 5 rings (SSSR count). The van der Waals surface area contributed by atoms with Crippen LogP contribution in [0, 0.1) is 0 Å². The first-order chi connectivity index (χ1) is 21.2. The molecule has 4 amide bonds. The fourth-order valence-electron chi connectivity index (χ4n) is 5.69. The molecule has 3 aromatic rings. The number of rotatable bonds is 10. The van der Waals surface area contributed by atoms with E-state index in [1.165, 1.54) is 24.7 Å². The molecule has 1 aliphatic heterocycles. The van der Waals surface area contributed by atoms with Crippen LogP contribution in [0.4, 0.5) is 16.5 Å². The Balaban J connectivity index is 1.21. The summed E-state index contributed by atoms with van der Waals surface area (Å²) < 4.78 is 8.65. The summed E-state index contributed by atoms with van der Waals surface area (Å²) in [6.07, 6.45) is 8.67. The number of nitrogens with one attached hydrogen (secondary N) is 4. The van der Waals surface area contributed by atoms with Crippen molar-refractivity contribution in [2.45, 2.75) is 44.9 Å². The number of thiazole rings is 1. The summed E-state index contributed by atoms with van der Waals surface area (Å²) >= 11 is 1.35. The van der Waals surface area contributed by atoms with Gasteiger partial charge in [0.2, 0.25) is 5.91 Å². The minimum absolute atomic E-state index is 0.221. The van der Waals surface area contributed by atoms with Gasteiger partial charge >= 0.3 is 0 Å². The summed E-state index contributed by atoms with van der Waals surface area (Å²) in [6.45, 7) is 5.79. The van der Waals surface area contributed by atoms with Gasteiger partial charge in [0.25, 0.3) is 17.7 Å². The molecular formula is C30H40N8O5S. The predicted octanol–water partition coefficient (Wildman–Crippen LogP) is 3.39. The van der Waals surface area contributed by atoms with Crippen molar-refractivity contribution < 1.29 is 23.9 Å². The number of hydrogen-bond acceptors (Lipinski definition) is 8. The van der Waals surface area contributed by atoms with E-state index in [1.807, 2.05) is 0 Å². The number of morpholine rings is 1. The quantitative estimate of drug-likeness (QED) is 0.270. The van der Waals surface area contributed by atoms with Gasteiger partial charge in [-0.05, 0) is 30.9 Å². The van der Waals surface area contributed by atoms with E-state index in [1.54, 1.807) is 47.8 Å². The third kappa shape index (κ3) is 7.73. The Kier molecular flexibility index (Phi) is 10.1. The molecule has 0 atom stereocenters. The Hall–Kier alpha value is -4.01. The maximum Gasteiger partial charge on any atom is 0.275 e. The van der Waals surface area contributed by atoms with Gasteiger partial charge in [-0.2, -0.15) is 0 Å². The number of hydrogen-bond donors (Lipinski definition) is 4. The summed E-state index contributed by atoms with van der Waals surface area (Å²) in [4.78, 5) is 58.6. The van der Waals surface area contributed by atoms with Gasteiger partial charge in [0, 0.05) is 64.5 Å². The fraction of sp³-hybridized carbons (Fsp3) is 0.500. The molecule has 44 heavy (non-hydrogen) atoms. The first-order valence-electron chi connectivity index (χ1n) is 15.0. The number of carbonyl (C=O) groups excluding carboxylic acids is 4. The molecule has 0 radical (unpaired) electrons. The zero-order valence-corrected chi connectivity index (χ0v) is 26.2. The molecular weight excluding hydrogens is 584 g/mol. The molecule has 2 aliphatic rings. The normalized spacial score (nSPS) is 16.0. The Morgan fingerprint density at radius 3 is 2.14 bits per heavy atom. The van der Waals surface area contributed by atoms with Crippen LogP contribution in [-0.2, 0) is 23.6 Å². The number of ether oxygens (including phenoxy) is 1. The zero-order valence-electron chi connectivity index (χ0n) is 25.4. The predicted molar refractivity (Wildman–Crippen MR) is 169 cm³/mol. The fourth-order valence-corrected chi connectivity index (χ4v) is 6.86. The first kappa shape index (κ1) is 31.4. The highest BCUT2D eigenvalue weighted by Gasteiger charge is 2.27. The van der Waals surface area contributed by atoms with E-state index in [0.717, 1.165) is 50.2 Å². The highest BCUT2D eigenvalue weighted by molar-refractivity contribution is 7.16. The van der Waals surface area contributed by atoms with Crippen LogP contribution >= 0.6 is 11.3 Å². The molecule has 0 bridgehead atoms. The number of aromatic nitrogens is 3. The van der Waals surface area contributed by atoms with E-state index < -0.39 is 0 Å². The summed E-state index contributed by atoms with van der Waals surface area (Å²) in [5.41, 5.74) is 1.98. The SMILES string of the molecule is CC(=O)Nc1nc(C(=O)Nc2cc(C(=O)Nc3cc(C(=O)NCCN4CCOCC4)n(C)c3)n(C)c2)c(C2CCCCC2)s1. The minimum atomic E-state index is -0.387. The van der Waals surface area contributed by atoms with Gasteiger partial charge in [0.1, 0.15) is 17.1 Å². The van der Waals surface area contributed by atoms with Gasteiger partial charge in [-0.25, -0.2) is 4.98 Å². The smallest absolute Gasteiger partial charge is 0.275 e. The number of nitrogens with zero attached hydrogens (tertiary/aromatic N) is 4. The lowest BCUT2D eigenvalue weighted by Gasteiger charge is -2.26. The molecule has 1 saturated heterocycles. The van der Waals surface area contributed by atoms with Gasteiger partial charge in [0.05, 0.1) is 24.6 Å². The summed E-state index contributed by atoms with van der Waals surface area (Å²) in [5, 5.41) is 11.8. The molecule has 14 heteroatoms. The highest BCUT2D eigenvalue weighted by atomic mass is 32.1. The molecule has 0 aromatic carbocycles. The maximum absolute atomic E-state index is 13.4. The van der Waals surface area contributed by atoms with E-state index in [0.29, 0.717) is 53.3 Å². The number of anilines is 3. The van der Waals surface area contributed by atoms with E-state index in [4.69, 9.17) is 4.74 Å². The van der Waals surface area contributed by atoms with Crippen LogP contribution in [0.2, 0.25) is 0 Å². The van der Waals surface area contributed by atoms with Crippen LogP contribution < -0.4 is 21.3 Å². The largest absolute Gasteiger partial charge is 0.379 e. The van der Waals surface area contributed by atoms with Crippen molar-refractivity contribution in [3.05, 3.63) is 46.5 Å². The lowest BCUT2D eigenvalue weighted by Crippen LogP contribution is -2.41. The van der Waals surface area contributed by atoms with Gasteiger partial charge in [-0.15, -0.1) is 11.3 Å². The molecule has 13 nitrogen and oxygen atoms in total. The third-order valence-electron chi connectivity index (χ3n) is 7.94. The average molecular weight is 625 g/mol. The van der Waals surface area contributed by atoms with Gasteiger partial charge in [0.15, 0.2) is 5.13 Å². The average Bonchev–Trinajstić information content (AvgIpc) is 3.70. The monoisotopic (exact) mass is 624 g/mol. The molecule has 2 fully saturated rings. The van der Waals surface area contributed by atoms with Crippen LogP contribution in [0.1, 0.15) is 81.3 Å². The van der Waals surface area contributed by atoms with Crippen molar-refractivity contribution >= 4 is 51.5 Å². The molecule has 236 valence electrons. The Morgan fingerprint density at radius 1 is 0.886 bits per heavy atom. The molecule has 1 saturated carbocycles. The number of aryl methyl sites for hydroxylation is 2. The van der Waals surface area contributed by atoms with Crippen LogP contribution in [0.5, 0.6) is 0 Å². The molecule has 0 spiro atoms. The second-order valence-corrected chi connectivity index (χ2v) is 12.3. The first-order valence-corrected chi connectivity index (χ1v) is 15.8. The number of carbonyl (C=O) groups is 4. The topological polar surface area (TPSA) is 152 Å². The van der Waals surface area contributed by atoms with Crippen LogP contribution in [-0.4, -0.2) is 82.0 Å². The minimum Gasteiger partial charge on any atom is -0.379 e. The molecule has 4 N–H and O–H groups in total. The van der Waals surface area contributed by atoms with E-state index >= 15 is 0 Å². The summed E-state index contributed by atoms with van der Waals surface area (Å²) in [6, 6.07) is 3.23. The lowest BCUT2D eigenvalue weighted by atomic mass is 9.87. The van der Waals surface area contributed by atoms with Crippen molar-refractivity contribution in [1.29, 1.82) is 0 Å². The lowest BCUT2D eigenvalue weighted by molar-refractivity contribution is -0.114. The molecule has 1 aliphatic carbocycles. The van der Waals surface area contributed by atoms with Crippen LogP contribution in [0.3, 0.4) is 0 Å². The third-order valence-corrected chi connectivity index (χ3v) is 9.07. The van der Waals surface area contributed by atoms with Gasteiger partial charge in [-0.3, -0.25) is 24.1 Å². The zero-order chi connectivity index (χ0) is 31.2. The van der Waals surface area contributed by atoms with Crippen molar-refractivity contribution in [3.8, 4) is 0 Å². The van der Waals surface area contributed by atoms with E-state index in [2.05, 4.69) is 31.2 Å². The standard InChI is InChI=1S/C30H40N8O5S/c1-19(39)32-30-35-25(26(44-30)20-7-5-4-6-8-20)29(42)34-22-16-24(37(3)18-22)28(41)33-21-15-23(36(2)17-21)27(40)31-9-10-38-11-13-43-14-12-38/h15-18,20H,4-14H2,1-3H3,(H,31,40)(H,33,41)(H,34,42)(H,32,35,39). The highest BCUT2D eigenvalue weighted by Crippen LogP contribution is 2.39. The summed E-state index contributed by atoms with van der Waals surface area (Å²) in [7, 11) is 3.47. The van der Waals surface area contributed by atoms with E-state index in [-0.39, 0.29) is 29.5 Å². The van der Waals surface area contributed by atoms with Crippen molar-refractivity contribution in [2.24, 2.45) is 14.1 Å². The van der Waals surface area contributed by atoms with Crippen LogP contribution in [0.15, 0.2) is 24.5 Å². The second-order valence-electron chi connectivity index (χ2n) is 11.3. The molecule has 4 heterocycles.